The standard InChI is InChI=1S/C28H32N6O2/c1-19-3-7-21(8-4-19)25-17-33(31-29-25)15-23-11-13-27(35-23)28-14-12-24(36-28)16-34-18-26(30-32-34)22-9-5-20(2)6-10-22/h3-10,17-18,23-24,27-28H,11-16H2,1-2H3/t23-,24-,27+,28+/m1/s1. The molecule has 36 heavy (non-hydrogen) atoms. The SMILES string of the molecule is Cc1ccc(-c2cn(C[C@H]3CC[C@@H]([C@@H]4CC[C@H](Cn5cc(-c6ccc(C)cc6)nn5)O4)O3)nn2)cc1. The van der Waals surface area contributed by atoms with Gasteiger partial charge >= 0.3 is 0 Å². The summed E-state index contributed by atoms with van der Waals surface area (Å²) in [4.78, 5) is 0. The summed E-state index contributed by atoms with van der Waals surface area (Å²) in [5, 5.41) is 17.4. The van der Waals surface area contributed by atoms with Crippen LogP contribution in [-0.2, 0) is 22.6 Å². The molecule has 0 saturated carbocycles. The third-order valence-corrected chi connectivity index (χ3v) is 7.25. The van der Waals surface area contributed by atoms with Crippen molar-refractivity contribution in [2.75, 3.05) is 0 Å². The van der Waals surface area contributed by atoms with E-state index >= 15 is 0 Å². The Bertz CT molecular complexity index is 1190. The zero-order chi connectivity index (χ0) is 24.5. The quantitative estimate of drug-likeness (QED) is 0.381. The first-order valence-corrected chi connectivity index (χ1v) is 12.8. The smallest absolute Gasteiger partial charge is 0.113 e. The highest BCUT2D eigenvalue weighted by atomic mass is 16.6. The maximum atomic E-state index is 6.40. The van der Waals surface area contributed by atoms with E-state index in [0.717, 1.165) is 48.2 Å². The van der Waals surface area contributed by atoms with Crippen LogP contribution < -0.4 is 0 Å². The third kappa shape index (κ3) is 5.10. The first-order valence-electron chi connectivity index (χ1n) is 12.8. The molecule has 2 aliphatic heterocycles. The molecule has 2 aliphatic rings. The first kappa shape index (κ1) is 23.1. The van der Waals surface area contributed by atoms with E-state index in [1.54, 1.807) is 0 Å². The van der Waals surface area contributed by atoms with Gasteiger partial charge in [0.25, 0.3) is 0 Å². The molecule has 6 rings (SSSR count). The summed E-state index contributed by atoms with van der Waals surface area (Å²) in [6.45, 7) is 5.60. The molecule has 2 aromatic heterocycles. The molecule has 8 heteroatoms. The molecule has 0 spiro atoms. The van der Waals surface area contributed by atoms with E-state index in [4.69, 9.17) is 9.47 Å². The van der Waals surface area contributed by atoms with Crippen LogP contribution in [0.25, 0.3) is 22.5 Å². The molecule has 0 radical (unpaired) electrons. The van der Waals surface area contributed by atoms with Crippen LogP contribution in [0.2, 0.25) is 0 Å². The minimum atomic E-state index is 0.137. The van der Waals surface area contributed by atoms with Crippen molar-refractivity contribution in [2.45, 2.75) is 77.0 Å². The fourth-order valence-electron chi connectivity index (χ4n) is 5.19. The Kier molecular flexibility index (Phi) is 6.37. The van der Waals surface area contributed by atoms with E-state index < -0.39 is 0 Å². The van der Waals surface area contributed by atoms with Gasteiger partial charge in [-0.1, -0.05) is 70.1 Å². The van der Waals surface area contributed by atoms with Crippen LogP contribution in [0.3, 0.4) is 0 Å². The molecule has 0 aliphatic carbocycles. The monoisotopic (exact) mass is 484 g/mol. The molecule has 186 valence electrons. The number of hydrogen-bond acceptors (Lipinski definition) is 6. The largest absolute Gasteiger partial charge is 0.370 e. The molecule has 0 amide bonds. The fourth-order valence-corrected chi connectivity index (χ4v) is 5.19. The van der Waals surface area contributed by atoms with Crippen molar-refractivity contribution in [1.82, 2.24) is 30.0 Å². The van der Waals surface area contributed by atoms with Gasteiger partial charge in [0.15, 0.2) is 0 Å². The van der Waals surface area contributed by atoms with Gasteiger partial charge in [0.05, 0.1) is 49.9 Å². The molecular weight excluding hydrogens is 452 g/mol. The Morgan fingerprint density at radius 3 is 1.47 bits per heavy atom. The van der Waals surface area contributed by atoms with E-state index in [9.17, 15) is 0 Å². The average Bonchev–Trinajstić information content (AvgIpc) is 3.69. The number of benzene rings is 2. The summed E-state index contributed by atoms with van der Waals surface area (Å²) < 4.78 is 16.6. The number of nitrogens with zero attached hydrogens (tertiary/aromatic N) is 6. The number of aryl methyl sites for hydroxylation is 2. The topological polar surface area (TPSA) is 79.9 Å². The van der Waals surface area contributed by atoms with Gasteiger partial charge in [0, 0.05) is 11.1 Å². The Balaban J connectivity index is 0.998. The summed E-state index contributed by atoms with van der Waals surface area (Å²) in [6.07, 6.45) is 8.62. The maximum Gasteiger partial charge on any atom is 0.113 e. The normalized spacial score (nSPS) is 23.9. The molecule has 0 N–H and O–H groups in total. The second-order valence-corrected chi connectivity index (χ2v) is 10.1. The molecule has 0 bridgehead atoms. The van der Waals surface area contributed by atoms with Crippen molar-refractivity contribution in [3.05, 3.63) is 72.1 Å². The number of ether oxygens (including phenoxy) is 2. The van der Waals surface area contributed by atoms with E-state index in [1.165, 1.54) is 11.1 Å². The van der Waals surface area contributed by atoms with Crippen LogP contribution in [0.5, 0.6) is 0 Å². The number of aromatic nitrogens is 6. The lowest BCUT2D eigenvalue weighted by atomic mass is 10.1. The molecule has 8 nitrogen and oxygen atoms in total. The van der Waals surface area contributed by atoms with Gasteiger partial charge in [0.2, 0.25) is 0 Å². The van der Waals surface area contributed by atoms with Gasteiger partial charge in [-0.2, -0.15) is 0 Å². The lowest BCUT2D eigenvalue weighted by Crippen LogP contribution is -2.29. The summed E-state index contributed by atoms with van der Waals surface area (Å²) in [7, 11) is 0. The van der Waals surface area contributed by atoms with Gasteiger partial charge in [-0.15, -0.1) is 10.2 Å². The van der Waals surface area contributed by atoms with E-state index in [1.807, 2.05) is 21.8 Å². The Morgan fingerprint density at radius 1 is 0.639 bits per heavy atom. The average molecular weight is 485 g/mol. The Hall–Kier alpha value is -3.36. The second kappa shape index (κ2) is 9.95. The Morgan fingerprint density at radius 2 is 1.06 bits per heavy atom. The Labute approximate surface area is 211 Å². The highest BCUT2D eigenvalue weighted by Crippen LogP contribution is 2.32. The van der Waals surface area contributed by atoms with Crippen molar-refractivity contribution in [3.8, 4) is 22.5 Å². The zero-order valence-corrected chi connectivity index (χ0v) is 20.8. The number of rotatable bonds is 7. The molecule has 4 heterocycles. The van der Waals surface area contributed by atoms with Crippen LogP contribution in [0.4, 0.5) is 0 Å². The van der Waals surface area contributed by atoms with E-state index in [-0.39, 0.29) is 24.4 Å². The van der Waals surface area contributed by atoms with Crippen molar-refractivity contribution < 1.29 is 9.47 Å². The van der Waals surface area contributed by atoms with Crippen molar-refractivity contribution in [3.63, 3.8) is 0 Å². The molecule has 4 atom stereocenters. The van der Waals surface area contributed by atoms with Crippen molar-refractivity contribution in [2.24, 2.45) is 0 Å². The summed E-state index contributed by atoms with van der Waals surface area (Å²) in [6, 6.07) is 16.7. The number of hydrogen-bond donors (Lipinski definition) is 0. The summed E-state index contributed by atoms with van der Waals surface area (Å²) in [5.74, 6) is 0. The lowest BCUT2D eigenvalue weighted by molar-refractivity contribution is -0.0713. The van der Waals surface area contributed by atoms with Gasteiger partial charge in [-0.25, -0.2) is 9.36 Å². The van der Waals surface area contributed by atoms with Gasteiger partial charge < -0.3 is 9.47 Å². The lowest BCUT2D eigenvalue weighted by Gasteiger charge is -2.20. The molecule has 4 aromatic rings. The maximum absolute atomic E-state index is 6.40. The summed E-state index contributed by atoms with van der Waals surface area (Å²) >= 11 is 0. The van der Waals surface area contributed by atoms with Gasteiger partial charge in [-0.3, -0.25) is 0 Å². The molecule has 2 fully saturated rings. The highest BCUT2D eigenvalue weighted by Gasteiger charge is 2.37. The van der Waals surface area contributed by atoms with E-state index in [0.29, 0.717) is 13.1 Å². The highest BCUT2D eigenvalue weighted by molar-refractivity contribution is 5.58. The van der Waals surface area contributed by atoms with Crippen LogP contribution in [0.1, 0.15) is 36.8 Å². The van der Waals surface area contributed by atoms with Crippen LogP contribution in [0, 0.1) is 13.8 Å². The third-order valence-electron chi connectivity index (χ3n) is 7.25. The zero-order valence-electron chi connectivity index (χ0n) is 20.8. The fraction of sp³-hybridized carbons (Fsp3) is 0.429. The minimum absolute atomic E-state index is 0.137. The van der Waals surface area contributed by atoms with Gasteiger partial charge in [-0.05, 0) is 39.5 Å². The first-order chi connectivity index (χ1) is 17.6. The minimum Gasteiger partial charge on any atom is -0.370 e. The summed E-state index contributed by atoms with van der Waals surface area (Å²) in [5.41, 5.74) is 6.43. The molecule has 0 unspecified atom stereocenters. The predicted octanol–water partition coefficient (Wildman–Crippen LogP) is 4.62. The molecular formula is C28H32N6O2. The van der Waals surface area contributed by atoms with Crippen LogP contribution in [0.15, 0.2) is 60.9 Å². The van der Waals surface area contributed by atoms with Crippen LogP contribution >= 0.6 is 0 Å². The predicted molar refractivity (Wildman–Crippen MR) is 136 cm³/mol. The van der Waals surface area contributed by atoms with E-state index in [2.05, 4.69) is 83.0 Å². The van der Waals surface area contributed by atoms with Crippen molar-refractivity contribution >= 4 is 0 Å². The molecule has 2 saturated heterocycles. The van der Waals surface area contributed by atoms with Crippen LogP contribution in [-0.4, -0.2) is 54.4 Å². The van der Waals surface area contributed by atoms with Crippen molar-refractivity contribution in [1.29, 1.82) is 0 Å². The second-order valence-electron chi connectivity index (χ2n) is 10.1. The van der Waals surface area contributed by atoms with Gasteiger partial charge in [0.1, 0.15) is 11.4 Å². The molecule has 2 aromatic carbocycles.